The highest BCUT2D eigenvalue weighted by Gasteiger charge is 2.68. The van der Waals surface area contributed by atoms with E-state index in [1.54, 1.807) is 32.9 Å². The number of esters is 1. The van der Waals surface area contributed by atoms with Gasteiger partial charge in [0, 0.05) is 29.7 Å². The molecule has 3 saturated carbocycles. The second kappa shape index (κ2) is 11.6. The Morgan fingerprint density at radius 1 is 1.12 bits per heavy atom. The Labute approximate surface area is 243 Å². The summed E-state index contributed by atoms with van der Waals surface area (Å²) in [6.45, 7) is 9.33. The summed E-state index contributed by atoms with van der Waals surface area (Å²) in [6, 6.07) is 0. The number of carbonyl (C=O) groups excluding carboxylic acids is 4. The normalized spacial score (nSPS) is 36.0. The zero-order valence-electron chi connectivity index (χ0n) is 25.2. The van der Waals surface area contributed by atoms with Crippen LogP contribution in [0.15, 0.2) is 23.8 Å². The van der Waals surface area contributed by atoms with Gasteiger partial charge in [0.15, 0.2) is 12.4 Å². The van der Waals surface area contributed by atoms with E-state index >= 15 is 0 Å². The quantitative estimate of drug-likeness (QED) is 0.276. The summed E-state index contributed by atoms with van der Waals surface area (Å²) in [4.78, 5) is 49.4. The lowest BCUT2D eigenvalue weighted by Crippen LogP contribution is -2.61. The summed E-state index contributed by atoms with van der Waals surface area (Å²) in [5, 5.41) is 25.9. The molecule has 3 N–H and O–H groups in total. The zero-order valence-corrected chi connectivity index (χ0v) is 25.2. The van der Waals surface area contributed by atoms with E-state index in [2.05, 4.69) is 12.2 Å². The molecule has 228 valence electrons. The molecule has 9 nitrogen and oxygen atoms in total. The first-order valence-corrected chi connectivity index (χ1v) is 15.1. The number of aliphatic hydroxyl groups is 2. The fraction of sp³-hybridized carbons (Fsp3) is 0.750. The van der Waals surface area contributed by atoms with Crippen LogP contribution in [0.3, 0.4) is 0 Å². The smallest absolute Gasteiger partial charge is 0.407 e. The molecule has 1 amide bonds. The first-order valence-electron chi connectivity index (χ1n) is 15.1. The average molecular weight is 574 g/mol. The van der Waals surface area contributed by atoms with Crippen molar-refractivity contribution in [3.05, 3.63) is 23.8 Å². The predicted octanol–water partition coefficient (Wildman–Crippen LogP) is 4.19. The number of Topliss-reactive ketones (excluding diaryl/α,β-unsaturated/α-hetero) is 1. The van der Waals surface area contributed by atoms with Gasteiger partial charge < -0.3 is 25.0 Å². The standard InChI is InChI=1S/C32H47NO8/c1-29(2,3)41-28(38)33-16-8-6-7-9-26(37)40-19-25(36)32(39)15-13-23-22-11-10-20-17-21(34)12-14-30(20,4)27(22)24(35)18-31(23,32)5/h12,14,17,22-24,27,35,39H,6-11,13,15-16,18-19H2,1-5H3,(H,33,38)/t22-,23-,24-,27+,30-,31-,32-/m0/s1. The Balaban J connectivity index is 1.27. The number of nitrogens with one attached hydrogen (secondary N) is 1. The molecule has 41 heavy (non-hydrogen) atoms. The molecule has 4 aliphatic rings. The molecule has 9 heteroatoms. The topological polar surface area (TPSA) is 139 Å². The lowest BCUT2D eigenvalue weighted by Gasteiger charge is -2.59. The van der Waals surface area contributed by atoms with Crippen LogP contribution >= 0.6 is 0 Å². The van der Waals surface area contributed by atoms with Gasteiger partial charge in [-0.15, -0.1) is 0 Å². The highest BCUT2D eigenvalue weighted by atomic mass is 16.6. The highest BCUT2D eigenvalue weighted by Crippen LogP contribution is 2.67. The Hall–Kier alpha value is -2.52. The molecule has 0 unspecified atom stereocenters. The summed E-state index contributed by atoms with van der Waals surface area (Å²) in [6.07, 6.45) is 8.88. The maximum atomic E-state index is 13.4. The van der Waals surface area contributed by atoms with Crippen LogP contribution < -0.4 is 5.32 Å². The molecule has 4 rings (SSSR count). The van der Waals surface area contributed by atoms with Crippen molar-refractivity contribution >= 4 is 23.6 Å². The van der Waals surface area contributed by atoms with Crippen molar-refractivity contribution in [2.24, 2.45) is 28.6 Å². The molecule has 0 heterocycles. The van der Waals surface area contributed by atoms with Gasteiger partial charge in [-0.1, -0.05) is 31.9 Å². The fourth-order valence-electron chi connectivity index (χ4n) is 8.20. The van der Waals surface area contributed by atoms with E-state index in [4.69, 9.17) is 9.47 Å². The Morgan fingerprint density at radius 2 is 1.85 bits per heavy atom. The van der Waals surface area contributed by atoms with E-state index in [1.165, 1.54) is 0 Å². The van der Waals surface area contributed by atoms with Crippen molar-refractivity contribution in [1.29, 1.82) is 0 Å². The van der Waals surface area contributed by atoms with Crippen LogP contribution in [0.1, 0.15) is 92.4 Å². The summed E-state index contributed by atoms with van der Waals surface area (Å²) in [7, 11) is 0. The second-order valence-corrected chi connectivity index (χ2v) is 13.9. The van der Waals surface area contributed by atoms with Gasteiger partial charge in [0.2, 0.25) is 5.78 Å². The Bertz CT molecular complexity index is 1120. The average Bonchev–Trinajstić information content (AvgIpc) is 3.14. The maximum Gasteiger partial charge on any atom is 0.407 e. The van der Waals surface area contributed by atoms with Gasteiger partial charge in [-0.2, -0.15) is 0 Å². The molecular weight excluding hydrogens is 526 g/mol. The first-order chi connectivity index (χ1) is 19.1. The third kappa shape index (κ3) is 6.17. The van der Waals surface area contributed by atoms with Gasteiger partial charge in [0.1, 0.15) is 11.2 Å². The molecule has 0 radical (unpaired) electrons. The lowest BCUT2D eigenvalue weighted by atomic mass is 9.46. The number of ether oxygens (including phenoxy) is 2. The van der Waals surface area contributed by atoms with Crippen molar-refractivity contribution in [3.63, 3.8) is 0 Å². The number of carbonyl (C=O) groups is 4. The summed E-state index contributed by atoms with van der Waals surface area (Å²) in [5.41, 5.74) is -2.41. The SMILES string of the molecule is CC(C)(C)OC(=O)NCCCCCC(=O)OCC(=O)[C@@]1(O)CC[C@H]2[C@@H]3CCC4=CC(=O)C=C[C@]4(C)[C@H]3[C@@H](O)C[C@@]21C. The fourth-order valence-corrected chi connectivity index (χ4v) is 8.20. The number of amides is 1. The molecule has 0 aliphatic heterocycles. The molecule has 0 aromatic rings. The van der Waals surface area contributed by atoms with Crippen molar-refractivity contribution < 1.29 is 38.9 Å². The van der Waals surface area contributed by atoms with Gasteiger partial charge in [0.25, 0.3) is 0 Å². The van der Waals surface area contributed by atoms with Gasteiger partial charge in [-0.05, 0) is 89.7 Å². The van der Waals surface area contributed by atoms with Crippen LogP contribution in [0.2, 0.25) is 0 Å². The van der Waals surface area contributed by atoms with Gasteiger partial charge in [-0.3, -0.25) is 14.4 Å². The number of aliphatic hydroxyl groups excluding tert-OH is 1. The number of hydrogen-bond acceptors (Lipinski definition) is 8. The minimum atomic E-state index is -1.67. The maximum absolute atomic E-state index is 13.4. The van der Waals surface area contributed by atoms with Crippen molar-refractivity contribution in [2.75, 3.05) is 13.2 Å². The third-order valence-corrected chi connectivity index (χ3v) is 10.2. The molecule has 3 fully saturated rings. The molecule has 4 aliphatic carbocycles. The zero-order chi connectivity index (χ0) is 30.2. The van der Waals surface area contributed by atoms with Crippen LogP contribution in [0.25, 0.3) is 0 Å². The number of alkyl carbamates (subject to hydrolysis) is 1. The lowest BCUT2D eigenvalue weighted by molar-refractivity contribution is -0.181. The van der Waals surface area contributed by atoms with Crippen molar-refractivity contribution in [1.82, 2.24) is 5.32 Å². The minimum absolute atomic E-state index is 0.0170. The Kier molecular flexibility index (Phi) is 8.91. The number of fused-ring (bicyclic) bond motifs is 5. The van der Waals surface area contributed by atoms with Gasteiger partial charge in [0.05, 0.1) is 6.10 Å². The molecule has 0 saturated heterocycles. The second-order valence-electron chi connectivity index (χ2n) is 13.9. The monoisotopic (exact) mass is 573 g/mol. The highest BCUT2D eigenvalue weighted by molar-refractivity contribution is 6.01. The van der Waals surface area contributed by atoms with Crippen LogP contribution in [0.5, 0.6) is 0 Å². The number of rotatable bonds is 9. The van der Waals surface area contributed by atoms with Crippen LogP contribution in [-0.4, -0.2) is 64.3 Å². The number of ketones is 2. The molecule has 0 spiro atoms. The molecular formula is C32H47NO8. The van der Waals surface area contributed by atoms with Crippen molar-refractivity contribution in [3.8, 4) is 0 Å². The Morgan fingerprint density at radius 3 is 2.56 bits per heavy atom. The van der Waals surface area contributed by atoms with Gasteiger partial charge >= 0.3 is 12.1 Å². The molecule has 0 aromatic carbocycles. The van der Waals surface area contributed by atoms with Crippen LogP contribution in [-0.2, 0) is 23.9 Å². The first kappa shape index (κ1) is 31.4. The molecule has 7 atom stereocenters. The van der Waals surface area contributed by atoms with E-state index in [9.17, 15) is 29.4 Å². The summed E-state index contributed by atoms with van der Waals surface area (Å²) < 4.78 is 10.5. The van der Waals surface area contributed by atoms with E-state index in [0.717, 1.165) is 18.4 Å². The molecule has 0 bridgehead atoms. The number of hydrogen-bond donors (Lipinski definition) is 3. The van der Waals surface area contributed by atoms with Crippen LogP contribution in [0, 0.1) is 28.6 Å². The van der Waals surface area contributed by atoms with E-state index in [0.29, 0.717) is 32.2 Å². The van der Waals surface area contributed by atoms with E-state index in [-0.39, 0.29) is 42.8 Å². The number of allylic oxidation sites excluding steroid dienone is 4. The molecule has 0 aromatic heterocycles. The van der Waals surface area contributed by atoms with Gasteiger partial charge in [-0.25, -0.2) is 4.79 Å². The summed E-state index contributed by atoms with van der Waals surface area (Å²) in [5.74, 6) is -0.953. The predicted molar refractivity (Wildman–Crippen MR) is 152 cm³/mol. The largest absolute Gasteiger partial charge is 0.458 e. The van der Waals surface area contributed by atoms with Crippen molar-refractivity contribution in [2.45, 2.75) is 110 Å². The van der Waals surface area contributed by atoms with E-state index < -0.39 is 52.6 Å². The summed E-state index contributed by atoms with van der Waals surface area (Å²) >= 11 is 0. The number of unbranched alkanes of at least 4 members (excludes halogenated alkanes) is 2. The van der Waals surface area contributed by atoms with Crippen LogP contribution in [0.4, 0.5) is 4.79 Å². The van der Waals surface area contributed by atoms with E-state index in [1.807, 2.05) is 13.0 Å². The third-order valence-electron chi connectivity index (χ3n) is 10.2. The minimum Gasteiger partial charge on any atom is -0.458 e.